The van der Waals surface area contributed by atoms with Gasteiger partial charge in [0.15, 0.2) is 0 Å². The quantitative estimate of drug-likeness (QED) is 0.799. The third kappa shape index (κ3) is 2.32. The Morgan fingerprint density at radius 2 is 2.29 bits per heavy atom. The first kappa shape index (κ1) is 11.3. The Morgan fingerprint density at radius 3 is 2.88 bits per heavy atom. The van der Waals surface area contributed by atoms with Gasteiger partial charge in [0.05, 0.1) is 24.8 Å². The van der Waals surface area contributed by atoms with Crippen LogP contribution in [-0.4, -0.2) is 37.3 Å². The number of amides is 1. The lowest BCUT2D eigenvalue weighted by Gasteiger charge is -2.21. The highest BCUT2D eigenvalue weighted by molar-refractivity contribution is 6.36. The van der Waals surface area contributed by atoms with E-state index in [0.29, 0.717) is 0 Å². The maximum Gasteiger partial charge on any atom is 0.352 e. The van der Waals surface area contributed by atoms with Crippen LogP contribution < -0.4 is 0 Å². The van der Waals surface area contributed by atoms with Crippen molar-refractivity contribution in [2.45, 2.75) is 19.4 Å². The zero-order chi connectivity index (χ0) is 12.4. The van der Waals surface area contributed by atoms with E-state index in [1.165, 1.54) is 5.01 Å². The maximum atomic E-state index is 11.6. The molecule has 0 saturated carbocycles. The molecule has 2 rings (SSSR count). The molecule has 0 spiro atoms. The lowest BCUT2D eigenvalue weighted by atomic mass is 10.1. The molecule has 1 aliphatic rings. The molecule has 0 radical (unpaired) electrons. The van der Waals surface area contributed by atoms with Crippen LogP contribution >= 0.6 is 0 Å². The molecule has 1 amide bonds. The van der Waals surface area contributed by atoms with Crippen molar-refractivity contribution in [1.82, 2.24) is 14.6 Å². The van der Waals surface area contributed by atoms with Gasteiger partial charge in [-0.05, 0) is 0 Å². The predicted octanol–water partition coefficient (Wildman–Crippen LogP) is -0.0169. The van der Waals surface area contributed by atoms with E-state index < -0.39 is 5.97 Å². The molecule has 1 aliphatic heterocycles. The minimum atomic E-state index is -1.08. The Morgan fingerprint density at radius 1 is 1.53 bits per heavy atom. The van der Waals surface area contributed by atoms with Crippen molar-refractivity contribution in [2.24, 2.45) is 12.1 Å². The second kappa shape index (κ2) is 4.36. The van der Waals surface area contributed by atoms with Gasteiger partial charge in [0.25, 0.3) is 0 Å². The largest absolute Gasteiger partial charge is 0.477 e. The van der Waals surface area contributed by atoms with E-state index in [9.17, 15) is 9.59 Å². The highest BCUT2D eigenvalue weighted by Gasteiger charge is 2.24. The molecule has 0 aromatic carbocycles. The number of hydrogen-bond acceptors (Lipinski definition) is 4. The molecular formula is C10H12N4O3. The topological polar surface area (TPSA) is 87.8 Å². The zero-order valence-corrected chi connectivity index (χ0v) is 9.33. The SMILES string of the molecule is Cn1cncc1CN1N=C(C(=O)O)CCC1=O. The third-order valence-electron chi connectivity index (χ3n) is 2.58. The average molecular weight is 236 g/mol. The first-order valence-corrected chi connectivity index (χ1v) is 5.14. The summed E-state index contributed by atoms with van der Waals surface area (Å²) in [5.41, 5.74) is 0.820. The Hall–Kier alpha value is -2.18. The van der Waals surface area contributed by atoms with E-state index in [1.54, 1.807) is 24.1 Å². The molecule has 0 aliphatic carbocycles. The van der Waals surface area contributed by atoms with Crippen LogP contribution in [0.4, 0.5) is 0 Å². The number of nitrogens with zero attached hydrogens (tertiary/aromatic N) is 4. The van der Waals surface area contributed by atoms with Gasteiger partial charge < -0.3 is 9.67 Å². The van der Waals surface area contributed by atoms with Crippen molar-refractivity contribution in [1.29, 1.82) is 0 Å². The first-order chi connectivity index (χ1) is 8.08. The molecule has 0 bridgehead atoms. The molecule has 1 aromatic rings. The van der Waals surface area contributed by atoms with Crippen molar-refractivity contribution in [2.75, 3.05) is 0 Å². The summed E-state index contributed by atoms with van der Waals surface area (Å²) in [6.07, 6.45) is 3.61. The summed E-state index contributed by atoms with van der Waals surface area (Å²) in [5, 5.41) is 13.9. The molecule has 17 heavy (non-hydrogen) atoms. The number of carboxylic acids is 1. The zero-order valence-electron chi connectivity index (χ0n) is 9.33. The van der Waals surface area contributed by atoms with E-state index >= 15 is 0 Å². The number of carbonyl (C=O) groups is 2. The number of imidazole rings is 1. The molecule has 1 N–H and O–H groups in total. The van der Waals surface area contributed by atoms with Gasteiger partial charge in [-0.25, -0.2) is 14.8 Å². The van der Waals surface area contributed by atoms with Crippen LogP contribution in [0.3, 0.4) is 0 Å². The fraction of sp³-hybridized carbons (Fsp3) is 0.400. The predicted molar refractivity (Wildman–Crippen MR) is 58.1 cm³/mol. The second-order valence-corrected chi connectivity index (χ2v) is 3.80. The van der Waals surface area contributed by atoms with Gasteiger partial charge in [0.2, 0.25) is 5.91 Å². The van der Waals surface area contributed by atoms with Crippen LogP contribution in [0.25, 0.3) is 0 Å². The van der Waals surface area contributed by atoms with Gasteiger partial charge >= 0.3 is 5.97 Å². The normalized spacial score (nSPS) is 15.9. The minimum Gasteiger partial charge on any atom is -0.477 e. The van der Waals surface area contributed by atoms with Gasteiger partial charge in [-0.15, -0.1) is 0 Å². The number of carbonyl (C=O) groups excluding carboxylic acids is 1. The third-order valence-corrected chi connectivity index (χ3v) is 2.58. The van der Waals surface area contributed by atoms with E-state index in [2.05, 4.69) is 10.1 Å². The number of carboxylic acid groups (broad SMARTS) is 1. The summed E-state index contributed by atoms with van der Waals surface area (Å²) < 4.78 is 1.76. The summed E-state index contributed by atoms with van der Waals surface area (Å²) in [5.74, 6) is -1.25. The van der Waals surface area contributed by atoms with Crippen LogP contribution in [0.5, 0.6) is 0 Å². The van der Waals surface area contributed by atoms with Crippen LogP contribution in [0.2, 0.25) is 0 Å². The summed E-state index contributed by atoms with van der Waals surface area (Å²) >= 11 is 0. The van der Waals surface area contributed by atoms with Crippen LogP contribution in [-0.2, 0) is 23.2 Å². The van der Waals surface area contributed by atoms with Crippen LogP contribution in [0.1, 0.15) is 18.5 Å². The fourth-order valence-corrected chi connectivity index (χ4v) is 1.57. The molecule has 0 saturated heterocycles. The molecule has 0 unspecified atom stereocenters. The molecule has 0 atom stereocenters. The monoisotopic (exact) mass is 236 g/mol. The first-order valence-electron chi connectivity index (χ1n) is 5.14. The number of aryl methyl sites for hydroxylation is 1. The molecule has 90 valence electrons. The maximum absolute atomic E-state index is 11.6. The Labute approximate surface area is 97.4 Å². The highest BCUT2D eigenvalue weighted by atomic mass is 16.4. The Kier molecular flexibility index (Phi) is 2.90. The van der Waals surface area contributed by atoms with E-state index in [0.717, 1.165) is 5.69 Å². The number of aliphatic carboxylic acids is 1. The van der Waals surface area contributed by atoms with Crippen molar-refractivity contribution >= 4 is 17.6 Å². The van der Waals surface area contributed by atoms with Crippen LogP contribution in [0.15, 0.2) is 17.6 Å². The summed E-state index contributed by atoms with van der Waals surface area (Å²) in [7, 11) is 1.80. The molecule has 7 heteroatoms. The van der Waals surface area contributed by atoms with Crippen molar-refractivity contribution in [3.63, 3.8) is 0 Å². The molecule has 1 aromatic heterocycles. The van der Waals surface area contributed by atoms with E-state index in [-0.39, 0.29) is 31.0 Å². The second-order valence-electron chi connectivity index (χ2n) is 3.80. The minimum absolute atomic E-state index is 0.0202. The summed E-state index contributed by atoms with van der Waals surface area (Å²) in [4.78, 5) is 26.3. The van der Waals surface area contributed by atoms with E-state index in [1.807, 2.05) is 0 Å². The lowest BCUT2D eigenvalue weighted by molar-refractivity contribution is -0.133. The summed E-state index contributed by atoms with van der Waals surface area (Å²) in [6.45, 7) is 0.242. The van der Waals surface area contributed by atoms with Crippen LogP contribution in [0, 0.1) is 0 Å². The Bertz CT molecular complexity index is 491. The molecule has 2 heterocycles. The van der Waals surface area contributed by atoms with Crippen molar-refractivity contribution < 1.29 is 14.7 Å². The van der Waals surface area contributed by atoms with Crippen molar-refractivity contribution in [3.8, 4) is 0 Å². The molecule has 7 nitrogen and oxygen atoms in total. The van der Waals surface area contributed by atoms with Gasteiger partial charge in [0, 0.05) is 19.9 Å². The van der Waals surface area contributed by atoms with Gasteiger partial charge in [-0.3, -0.25) is 4.79 Å². The fourth-order valence-electron chi connectivity index (χ4n) is 1.57. The van der Waals surface area contributed by atoms with E-state index in [4.69, 9.17) is 5.11 Å². The average Bonchev–Trinajstić information content (AvgIpc) is 2.67. The summed E-state index contributed by atoms with van der Waals surface area (Å²) in [6, 6.07) is 0. The standard InChI is InChI=1S/C10H12N4O3/c1-13-6-11-4-7(13)5-14-9(15)3-2-8(12-14)10(16)17/h4,6H,2-3,5H2,1H3,(H,16,17). The number of hydrogen-bond donors (Lipinski definition) is 1. The number of aromatic nitrogens is 2. The smallest absolute Gasteiger partial charge is 0.352 e. The Balaban J connectivity index is 2.19. The highest BCUT2D eigenvalue weighted by Crippen LogP contribution is 2.13. The van der Waals surface area contributed by atoms with Gasteiger partial charge in [0.1, 0.15) is 5.71 Å². The van der Waals surface area contributed by atoms with Gasteiger partial charge in [-0.2, -0.15) is 5.10 Å². The number of hydrazone groups is 1. The molecular weight excluding hydrogens is 224 g/mol. The molecule has 0 fully saturated rings. The van der Waals surface area contributed by atoms with Gasteiger partial charge in [-0.1, -0.05) is 0 Å². The number of rotatable bonds is 3. The lowest BCUT2D eigenvalue weighted by Crippen LogP contribution is -2.34. The van der Waals surface area contributed by atoms with Crippen molar-refractivity contribution in [3.05, 3.63) is 18.2 Å².